The van der Waals surface area contributed by atoms with E-state index in [1.54, 1.807) is 30.3 Å². The fraction of sp³-hybridized carbons (Fsp3) is 0.385. The molecule has 0 radical (unpaired) electrons. The summed E-state index contributed by atoms with van der Waals surface area (Å²) in [5.41, 5.74) is -2.46. The number of hydrogen-bond acceptors (Lipinski definition) is 5. The van der Waals surface area contributed by atoms with E-state index >= 15 is 0 Å². The summed E-state index contributed by atoms with van der Waals surface area (Å²) in [5.74, 6) is -0.497. The lowest BCUT2D eigenvalue weighted by Crippen LogP contribution is -2.42. The minimum absolute atomic E-state index is 0.0193. The monoisotopic (exact) mass is 499 g/mol. The van der Waals surface area contributed by atoms with Gasteiger partial charge in [0.1, 0.15) is 6.07 Å². The van der Waals surface area contributed by atoms with E-state index in [1.165, 1.54) is 23.8 Å². The van der Waals surface area contributed by atoms with Crippen LogP contribution >= 0.6 is 0 Å². The van der Waals surface area contributed by atoms with Crippen LogP contribution in [0.1, 0.15) is 42.4 Å². The van der Waals surface area contributed by atoms with Gasteiger partial charge in [-0.3, -0.25) is 18.7 Å². The minimum atomic E-state index is -4.73. The van der Waals surface area contributed by atoms with Crippen LogP contribution in [0.5, 0.6) is 0 Å². The molecular formula is C26H24F3N3O4. The molecule has 0 bridgehead atoms. The molecule has 1 heterocycles. The van der Waals surface area contributed by atoms with E-state index in [4.69, 9.17) is 4.74 Å². The molecule has 4 rings (SSSR count). The number of carbonyl (C=O) groups is 1. The number of aromatic nitrogens is 2. The van der Waals surface area contributed by atoms with Crippen molar-refractivity contribution < 1.29 is 22.7 Å². The van der Waals surface area contributed by atoms with Gasteiger partial charge in [-0.2, -0.15) is 18.4 Å². The number of esters is 1. The maximum absolute atomic E-state index is 13.5. The quantitative estimate of drug-likeness (QED) is 0.493. The molecule has 0 spiro atoms. The molecular weight excluding hydrogens is 475 g/mol. The highest BCUT2D eigenvalue weighted by atomic mass is 19.4. The van der Waals surface area contributed by atoms with Crippen molar-refractivity contribution in [1.82, 2.24) is 9.13 Å². The first-order valence-corrected chi connectivity index (χ1v) is 11.5. The lowest BCUT2D eigenvalue weighted by molar-refractivity contribution is -0.146. The zero-order valence-corrected chi connectivity index (χ0v) is 19.5. The summed E-state index contributed by atoms with van der Waals surface area (Å²) in [7, 11) is 1.34. The van der Waals surface area contributed by atoms with E-state index in [2.05, 4.69) is 0 Å². The molecule has 1 aromatic heterocycles. The van der Waals surface area contributed by atoms with Gasteiger partial charge in [-0.05, 0) is 55.4 Å². The second kappa shape index (κ2) is 10.0. The number of fused-ring (bicyclic) bond motifs is 1. The van der Waals surface area contributed by atoms with Gasteiger partial charge in [0.25, 0.3) is 5.56 Å². The van der Waals surface area contributed by atoms with Gasteiger partial charge in [0.2, 0.25) is 0 Å². The van der Waals surface area contributed by atoms with Gasteiger partial charge in [0, 0.05) is 6.54 Å². The molecule has 1 saturated carbocycles. The molecule has 0 unspecified atom stereocenters. The van der Waals surface area contributed by atoms with Crippen LogP contribution in [0.15, 0.2) is 52.1 Å². The minimum Gasteiger partial charge on any atom is -0.469 e. The third-order valence-electron chi connectivity index (χ3n) is 6.85. The summed E-state index contributed by atoms with van der Waals surface area (Å²) in [4.78, 5) is 38.6. The Bertz CT molecular complexity index is 1460. The molecule has 7 nitrogen and oxygen atoms in total. The molecule has 1 fully saturated rings. The number of hydrogen-bond donors (Lipinski definition) is 0. The molecule has 188 valence electrons. The number of carbonyl (C=O) groups excluding carboxylic acids is 1. The smallest absolute Gasteiger partial charge is 0.417 e. The van der Waals surface area contributed by atoms with Gasteiger partial charge in [-0.25, -0.2) is 4.79 Å². The number of nitriles is 1. The normalized spacial score (nSPS) is 18.1. The average Bonchev–Trinajstić information content (AvgIpc) is 2.88. The van der Waals surface area contributed by atoms with Gasteiger partial charge in [0.05, 0.1) is 41.6 Å². The second-order valence-corrected chi connectivity index (χ2v) is 8.99. The van der Waals surface area contributed by atoms with Crippen molar-refractivity contribution in [3.8, 4) is 6.07 Å². The Morgan fingerprint density at radius 1 is 1.06 bits per heavy atom. The Hall–Kier alpha value is -3.87. The third-order valence-corrected chi connectivity index (χ3v) is 6.85. The first kappa shape index (κ1) is 25.2. The molecule has 3 aromatic rings. The van der Waals surface area contributed by atoms with Crippen molar-refractivity contribution in [3.63, 3.8) is 0 Å². The zero-order chi connectivity index (χ0) is 26.0. The number of alkyl halides is 3. The van der Waals surface area contributed by atoms with E-state index in [9.17, 15) is 32.8 Å². The number of methoxy groups -OCH3 is 1. The Balaban J connectivity index is 1.76. The first-order chi connectivity index (χ1) is 17.2. The maximum Gasteiger partial charge on any atom is 0.417 e. The summed E-state index contributed by atoms with van der Waals surface area (Å²) < 4.78 is 47.6. The molecule has 0 saturated heterocycles. The van der Waals surface area contributed by atoms with E-state index in [0.29, 0.717) is 25.7 Å². The predicted molar refractivity (Wildman–Crippen MR) is 125 cm³/mol. The first-order valence-electron chi connectivity index (χ1n) is 11.5. The molecule has 36 heavy (non-hydrogen) atoms. The highest BCUT2D eigenvalue weighted by Gasteiger charge is 2.34. The van der Waals surface area contributed by atoms with Crippen molar-refractivity contribution in [1.29, 1.82) is 5.26 Å². The number of halogens is 3. The van der Waals surface area contributed by atoms with Crippen molar-refractivity contribution in [2.24, 2.45) is 11.8 Å². The number of benzene rings is 2. The molecule has 2 aromatic carbocycles. The SMILES string of the molecule is COC(=O)C1CCC(Cn2c(=O)c3ccccc3n(Cc3cccc(C(F)(F)F)c3C#N)c2=O)CC1. The summed E-state index contributed by atoms with van der Waals surface area (Å²) in [5, 5.41) is 9.75. The fourth-order valence-electron chi connectivity index (χ4n) is 4.96. The van der Waals surface area contributed by atoms with Crippen LogP contribution < -0.4 is 11.2 Å². The molecule has 1 aliphatic carbocycles. The number of ether oxygens (including phenoxy) is 1. The molecule has 0 aliphatic heterocycles. The van der Waals surface area contributed by atoms with Crippen LogP contribution in [0.3, 0.4) is 0 Å². The Labute approximate surface area is 204 Å². The highest BCUT2D eigenvalue weighted by Crippen LogP contribution is 2.33. The average molecular weight is 499 g/mol. The standard InChI is InChI=1S/C26H24F3N3O4/c1-36-24(34)17-11-9-16(10-12-17)14-32-23(33)19-6-2-3-8-22(19)31(25(32)35)15-18-5-4-7-21(20(18)13-30)26(27,28)29/h2-8,16-17H,9-12,14-15H2,1H3. The van der Waals surface area contributed by atoms with Crippen molar-refractivity contribution >= 4 is 16.9 Å². The van der Waals surface area contributed by atoms with E-state index in [-0.39, 0.29) is 47.4 Å². The number of rotatable bonds is 5. The Morgan fingerprint density at radius 2 is 1.75 bits per heavy atom. The molecule has 0 N–H and O–H groups in total. The number of nitrogens with zero attached hydrogens (tertiary/aromatic N) is 3. The summed E-state index contributed by atoms with van der Waals surface area (Å²) in [6, 6.07) is 11.4. The second-order valence-electron chi connectivity index (χ2n) is 8.99. The summed E-state index contributed by atoms with van der Waals surface area (Å²) in [6.45, 7) is -0.175. The zero-order valence-electron chi connectivity index (χ0n) is 19.5. The van der Waals surface area contributed by atoms with Crippen molar-refractivity contribution in [2.45, 2.75) is 44.9 Å². The van der Waals surface area contributed by atoms with Crippen LogP contribution in [0.2, 0.25) is 0 Å². The van der Waals surface area contributed by atoms with Gasteiger partial charge in [-0.1, -0.05) is 24.3 Å². The van der Waals surface area contributed by atoms with Crippen molar-refractivity contribution in [2.75, 3.05) is 7.11 Å². The van der Waals surface area contributed by atoms with E-state index in [1.807, 2.05) is 0 Å². The Morgan fingerprint density at radius 3 is 2.39 bits per heavy atom. The van der Waals surface area contributed by atoms with Crippen LogP contribution in [0.25, 0.3) is 10.9 Å². The number of para-hydroxylation sites is 1. The van der Waals surface area contributed by atoms with Gasteiger partial charge >= 0.3 is 17.8 Å². The predicted octanol–water partition coefficient (Wildman–Crippen LogP) is 4.08. The third kappa shape index (κ3) is 4.78. The largest absolute Gasteiger partial charge is 0.469 e. The summed E-state index contributed by atoms with van der Waals surface area (Å²) >= 11 is 0. The van der Waals surface area contributed by atoms with Crippen LogP contribution in [0, 0.1) is 23.2 Å². The highest BCUT2D eigenvalue weighted by molar-refractivity contribution is 5.78. The fourth-order valence-corrected chi connectivity index (χ4v) is 4.96. The summed E-state index contributed by atoms with van der Waals surface area (Å²) in [6.07, 6.45) is -2.29. The lowest BCUT2D eigenvalue weighted by Gasteiger charge is -2.27. The molecule has 1 aliphatic rings. The van der Waals surface area contributed by atoms with E-state index in [0.717, 1.165) is 10.6 Å². The van der Waals surface area contributed by atoms with Gasteiger partial charge < -0.3 is 4.74 Å². The van der Waals surface area contributed by atoms with Crippen LogP contribution in [-0.4, -0.2) is 22.2 Å². The van der Waals surface area contributed by atoms with Gasteiger partial charge in [-0.15, -0.1) is 0 Å². The van der Waals surface area contributed by atoms with Gasteiger partial charge in [0.15, 0.2) is 0 Å². The molecule has 0 atom stereocenters. The molecule has 0 amide bonds. The van der Waals surface area contributed by atoms with E-state index < -0.39 is 28.6 Å². The van der Waals surface area contributed by atoms with Crippen LogP contribution in [0.4, 0.5) is 13.2 Å². The van der Waals surface area contributed by atoms with Crippen molar-refractivity contribution in [3.05, 3.63) is 80.0 Å². The topological polar surface area (TPSA) is 94.1 Å². The lowest BCUT2D eigenvalue weighted by atomic mass is 9.82. The Kier molecular flexibility index (Phi) is 7.02. The maximum atomic E-state index is 13.5. The molecule has 10 heteroatoms. The van der Waals surface area contributed by atoms with Crippen LogP contribution in [-0.2, 0) is 28.8 Å².